The van der Waals surface area contributed by atoms with Gasteiger partial charge in [0, 0.05) is 0 Å². The van der Waals surface area contributed by atoms with Gasteiger partial charge >= 0.3 is 0 Å². The van der Waals surface area contributed by atoms with E-state index in [0.29, 0.717) is 19.0 Å². The molecular weight excluding hydrogens is 202 g/mol. The summed E-state index contributed by atoms with van der Waals surface area (Å²) in [7, 11) is 0. The first-order valence-electron chi connectivity index (χ1n) is 5.17. The van der Waals surface area contributed by atoms with Gasteiger partial charge in [-0.05, 0) is 12.5 Å². The van der Waals surface area contributed by atoms with E-state index in [1.54, 1.807) is 10.9 Å². The molecule has 0 aliphatic carbocycles. The second-order valence-electron chi connectivity index (χ2n) is 3.65. The van der Waals surface area contributed by atoms with Crippen LogP contribution in [0.15, 0.2) is 36.5 Å². The predicted octanol–water partition coefficient (Wildman–Crippen LogP) is 1.95. The molecule has 0 radical (unpaired) electrons. The van der Waals surface area contributed by atoms with Crippen molar-refractivity contribution in [1.29, 1.82) is 0 Å². The van der Waals surface area contributed by atoms with E-state index in [0.717, 1.165) is 11.3 Å². The Kier molecular flexibility index (Phi) is 3.22. The number of hydrogen-bond donors (Lipinski definition) is 1. The number of nitrogen functional groups attached to an aromatic ring is 1. The van der Waals surface area contributed by atoms with Gasteiger partial charge in [0.25, 0.3) is 0 Å². The van der Waals surface area contributed by atoms with Crippen LogP contribution in [0.2, 0.25) is 0 Å². The first-order valence-corrected chi connectivity index (χ1v) is 5.17. The van der Waals surface area contributed by atoms with Crippen LogP contribution in [-0.4, -0.2) is 9.78 Å². The van der Waals surface area contributed by atoms with Crippen molar-refractivity contribution in [2.24, 2.45) is 0 Å². The number of rotatable bonds is 4. The summed E-state index contributed by atoms with van der Waals surface area (Å²) >= 11 is 0. The van der Waals surface area contributed by atoms with Gasteiger partial charge in [0.2, 0.25) is 0 Å². The van der Waals surface area contributed by atoms with Crippen LogP contribution in [-0.2, 0) is 18.1 Å². The molecule has 2 rings (SSSR count). The molecule has 2 N–H and O–H groups in total. The summed E-state index contributed by atoms with van der Waals surface area (Å²) in [6.45, 7) is 2.94. The van der Waals surface area contributed by atoms with Gasteiger partial charge < -0.3 is 10.5 Å². The van der Waals surface area contributed by atoms with Crippen molar-refractivity contribution in [3.8, 4) is 0 Å². The van der Waals surface area contributed by atoms with E-state index in [1.165, 1.54) is 0 Å². The summed E-state index contributed by atoms with van der Waals surface area (Å²) in [5, 5.41) is 4.11. The number of anilines is 1. The molecule has 0 atom stereocenters. The summed E-state index contributed by atoms with van der Waals surface area (Å²) in [4.78, 5) is 0. The molecule has 0 saturated heterocycles. The highest BCUT2D eigenvalue weighted by atomic mass is 16.5. The lowest BCUT2D eigenvalue weighted by molar-refractivity contribution is 0.0548. The predicted molar refractivity (Wildman–Crippen MR) is 62.6 cm³/mol. The van der Waals surface area contributed by atoms with Gasteiger partial charge in [-0.3, -0.25) is 0 Å². The Hall–Kier alpha value is -1.81. The fourth-order valence-electron chi connectivity index (χ4n) is 1.42. The third-order valence-electron chi connectivity index (χ3n) is 2.47. The molecule has 1 aromatic carbocycles. The average Bonchev–Trinajstić information content (AvgIpc) is 2.62. The van der Waals surface area contributed by atoms with Crippen LogP contribution < -0.4 is 5.73 Å². The number of aromatic nitrogens is 2. The van der Waals surface area contributed by atoms with Crippen molar-refractivity contribution in [2.75, 3.05) is 5.73 Å². The summed E-state index contributed by atoms with van der Waals surface area (Å²) in [6, 6.07) is 10.0. The molecule has 4 nitrogen and oxygen atoms in total. The third kappa shape index (κ3) is 2.41. The van der Waals surface area contributed by atoms with Crippen LogP contribution in [0.25, 0.3) is 0 Å². The van der Waals surface area contributed by atoms with E-state index in [1.807, 2.05) is 37.3 Å². The zero-order valence-electron chi connectivity index (χ0n) is 9.26. The Morgan fingerprint density at radius 2 is 2.06 bits per heavy atom. The highest BCUT2D eigenvalue weighted by Crippen LogP contribution is 2.09. The van der Waals surface area contributed by atoms with Crippen LogP contribution in [0.4, 0.5) is 5.69 Å². The lowest BCUT2D eigenvalue weighted by atomic mass is 10.2. The standard InChI is InChI=1S/C12H15N3O/c1-10-12(13)7-14-15(10)9-16-8-11-5-3-2-4-6-11/h2-7H,8-9,13H2,1H3. The van der Waals surface area contributed by atoms with E-state index in [-0.39, 0.29) is 0 Å². The van der Waals surface area contributed by atoms with E-state index in [9.17, 15) is 0 Å². The SMILES string of the molecule is Cc1c(N)cnn1COCc1ccccc1. The molecule has 16 heavy (non-hydrogen) atoms. The smallest absolute Gasteiger partial charge is 0.140 e. The summed E-state index contributed by atoms with van der Waals surface area (Å²) in [5.41, 5.74) is 8.47. The molecule has 0 fully saturated rings. The van der Waals surface area contributed by atoms with Gasteiger partial charge in [-0.2, -0.15) is 5.10 Å². The summed E-state index contributed by atoms with van der Waals surface area (Å²) in [6.07, 6.45) is 1.64. The summed E-state index contributed by atoms with van der Waals surface area (Å²) in [5.74, 6) is 0. The minimum absolute atomic E-state index is 0.428. The number of ether oxygens (including phenoxy) is 1. The van der Waals surface area contributed by atoms with Gasteiger partial charge in [-0.25, -0.2) is 4.68 Å². The van der Waals surface area contributed by atoms with Crippen molar-refractivity contribution >= 4 is 5.69 Å². The second-order valence-corrected chi connectivity index (χ2v) is 3.65. The van der Waals surface area contributed by atoms with Crippen LogP contribution in [0.5, 0.6) is 0 Å². The van der Waals surface area contributed by atoms with Crippen molar-refractivity contribution in [1.82, 2.24) is 9.78 Å². The monoisotopic (exact) mass is 217 g/mol. The Balaban J connectivity index is 1.87. The molecule has 0 amide bonds. The lowest BCUT2D eigenvalue weighted by Gasteiger charge is -2.06. The molecule has 1 aromatic heterocycles. The fraction of sp³-hybridized carbons (Fsp3) is 0.250. The van der Waals surface area contributed by atoms with E-state index in [4.69, 9.17) is 10.5 Å². The van der Waals surface area contributed by atoms with Gasteiger partial charge in [0.05, 0.1) is 24.2 Å². The zero-order chi connectivity index (χ0) is 11.4. The third-order valence-corrected chi connectivity index (χ3v) is 2.47. The molecule has 2 aromatic rings. The van der Waals surface area contributed by atoms with Gasteiger partial charge in [-0.15, -0.1) is 0 Å². The second kappa shape index (κ2) is 4.81. The molecular formula is C12H15N3O. The Labute approximate surface area is 94.6 Å². The summed E-state index contributed by atoms with van der Waals surface area (Å²) < 4.78 is 7.29. The number of nitrogens with two attached hydrogens (primary N) is 1. The maximum Gasteiger partial charge on any atom is 0.140 e. The molecule has 0 unspecified atom stereocenters. The molecule has 4 heteroatoms. The highest BCUT2D eigenvalue weighted by molar-refractivity contribution is 5.39. The number of hydrogen-bond acceptors (Lipinski definition) is 3. The Bertz CT molecular complexity index is 451. The number of nitrogens with zero attached hydrogens (tertiary/aromatic N) is 2. The average molecular weight is 217 g/mol. The van der Waals surface area contributed by atoms with E-state index >= 15 is 0 Å². The highest BCUT2D eigenvalue weighted by Gasteiger charge is 2.02. The molecule has 0 saturated carbocycles. The normalized spacial score (nSPS) is 10.6. The van der Waals surface area contributed by atoms with Crippen LogP contribution in [0.3, 0.4) is 0 Å². The van der Waals surface area contributed by atoms with E-state index < -0.39 is 0 Å². The maximum atomic E-state index is 5.68. The zero-order valence-corrected chi connectivity index (χ0v) is 9.26. The number of benzene rings is 1. The molecule has 0 aliphatic rings. The maximum absolute atomic E-state index is 5.68. The molecule has 1 heterocycles. The van der Waals surface area contributed by atoms with Crippen molar-refractivity contribution in [2.45, 2.75) is 20.3 Å². The van der Waals surface area contributed by atoms with Crippen LogP contribution >= 0.6 is 0 Å². The minimum Gasteiger partial charge on any atom is -0.396 e. The quantitative estimate of drug-likeness (QED) is 0.851. The van der Waals surface area contributed by atoms with Gasteiger partial charge in [-0.1, -0.05) is 30.3 Å². The van der Waals surface area contributed by atoms with E-state index in [2.05, 4.69) is 5.10 Å². The molecule has 0 bridgehead atoms. The lowest BCUT2D eigenvalue weighted by Crippen LogP contribution is -2.06. The molecule has 0 aliphatic heterocycles. The molecule has 0 spiro atoms. The largest absolute Gasteiger partial charge is 0.396 e. The van der Waals surface area contributed by atoms with Crippen molar-refractivity contribution in [3.63, 3.8) is 0 Å². The Morgan fingerprint density at radius 3 is 2.69 bits per heavy atom. The van der Waals surface area contributed by atoms with Crippen LogP contribution in [0, 0.1) is 6.92 Å². The first-order chi connectivity index (χ1) is 7.77. The Morgan fingerprint density at radius 1 is 1.31 bits per heavy atom. The van der Waals surface area contributed by atoms with Gasteiger partial charge in [0.1, 0.15) is 6.73 Å². The minimum atomic E-state index is 0.428. The topological polar surface area (TPSA) is 53.1 Å². The van der Waals surface area contributed by atoms with Crippen molar-refractivity contribution in [3.05, 3.63) is 47.8 Å². The van der Waals surface area contributed by atoms with Crippen LogP contribution in [0.1, 0.15) is 11.3 Å². The first kappa shape index (κ1) is 10.7. The van der Waals surface area contributed by atoms with Crippen molar-refractivity contribution < 1.29 is 4.74 Å². The fourth-order valence-corrected chi connectivity index (χ4v) is 1.42. The molecule has 84 valence electrons. The van der Waals surface area contributed by atoms with Gasteiger partial charge in [0.15, 0.2) is 0 Å².